The molecule has 1 aliphatic heterocycles. The van der Waals surface area contributed by atoms with Crippen molar-refractivity contribution in [3.8, 4) is 22.8 Å². The van der Waals surface area contributed by atoms with E-state index in [0.717, 1.165) is 49.3 Å². The molecule has 2 heterocycles. The van der Waals surface area contributed by atoms with Crippen LogP contribution in [-0.2, 0) is 17.9 Å². The van der Waals surface area contributed by atoms with E-state index in [1.807, 2.05) is 12.3 Å². The topological polar surface area (TPSA) is 69.8 Å². The van der Waals surface area contributed by atoms with Crippen molar-refractivity contribution in [2.24, 2.45) is 5.73 Å². The van der Waals surface area contributed by atoms with Crippen molar-refractivity contribution in [3.05, 3.63) is 41.6 Å². The van der Waals surface area contributed by atoms with Gasteiger partial charge in [-0.2, -0.15) is 0 Å². The molecule has 1 fully saturated rings. The molecule has 6 heteroatoms. The van der Waals surface area contributed by atoms with E-state index in [2.05, 4.69) is 28.1 Å². The molecule has 0 bridgehead atoms. The number of nitrogens with zero attached hydrogens (tertiary/aromatic N) is 2. The van der Waals surface area contributed by atoms with Crippen molar-refractivity contribution in [3.63, 3.8) is 0 Å². The van der Waals surface area contributed by atoms with E-state index >= 15 is 0 Å². The molecule has 0 radical (unpaired) electrons. The molecule has 0 amide bonds. The van der Waals surface area contributed by atoms with E-state index < -0.39 is 0 Å². The van der Waals surface area contributed by atoms with Crippen molar-refractivity contribution in [1.29, 1.82) is 0 Å². The molecule has 0 atom stereocenters. The molecular weight excluding hydrogens is 342 g/mol. The number of ether oxygens (including phenoxy) is 3. The van der Waals surface area contributed by atoms with E-state index in [1.165, 1.54) is 5.56 Å². The summed E-state index contributed by atoms with van der Waals surface area (Å²) in [5.74, 6) is 1.38. The Kier molecular flexibility index (Phi) is 6.66. The molecule has 0 unspecified atom stereocenters. The Labute approximate surface area is 161 Å². The standard InChI is InChI=1S/C21H29N3O3/c1-25-14-17-11-16(12-20(26-2)21(17)27-3)19-10-15(4-7-23-19)13-24-8-5-18(22)6-9-24/h4,7,10-12,18H,5-6,8-9,13-14,22H2,1-3H3. The quantitative estimate of drug-likeness (QED) is 0.807. The van der Waals surface area contributed by atoms with Crippen molar-refractivity contribution in [2.45, 2.75) is 32.0 Å². The Bertz CT molecular complexity index is 758. The van der Waals surface area contributed by atoms with Gasteiger partial charge in [-0.25, -0.2) is 0 Å². The molecule has 0 saturated carbocycles. The summed E-state index contributed by atoms with van der Waals surface area (Å²) in [5, 5.41) is 0. The molecule has 1 saturated heterocycles. The number of likely N-dealkylation sites (tertiary alicyclic amines) is 1. The highest BCUT2D eigenvalue weighted by atomic mass is 16.5. The summed E-state index contributed by atoms with van der Waals surface area (Å²) in [6.07, 6.45) is 4.00. The molecule has 6 nitrogen and oxygen atoms in total. The number of aromatic nitrogens is 1. The Hall–Kier alpha value is -2.15. The van der Waals surface area contributed by atoms with Crippen LogP contribution in [0.2, 0.25) is 0 Å². The average Bonchev–Trinajstić information content (AvgIpc) is 2.69. The van der Waals surface area contributed by atoms with Gasteiger partial charge in [0.15, 0.2) is 11.5 Å². The molecule has 2 aromatic rings. The molecule has 1 aromatic carbocycles. The van der Waals surface area contributed by atoms with Crippen molar-refractivity contribution in [1.82, 2.24) is 9.88 Å². The van der Waals surface area contributed by atoms with E-state index in [1.54, 1.807) is 21.3 Å². The second-order valence-corrected chi connectivity index (χ2v) is 6.97. The van der Waals surface area contributed by atoms with Gasteiger partial charge in [0.2, 0.25) is 0 Å². The van der Waals surface area contributed by atoms with Crippen LogP contribution in [0.15, 0.2) is 30.5 Å². The minimum atomic E-state index is 0.347. The van der Waals surface area contributed by atoms with Gasteiger partial charge in [-0.05, 0) is 55.8 Å². The smallest absolute Gasteiger partial charge is 0.166 e. The molecular formula is C21H29N3O3. The molecule has 2 N–H and O–H groups in total. The maximum absolute atomic E-state index is 6.01. The molecule has 3 rings (SSSR count). The second kappa shape index (κ2) is 9.17. The van der Waals surface area contributed by atoms with E-state index in [-0.39, 0.29) is 0 Å². The van der Waals surface area contributed by atoms with Crippen LogP contribution < -0.4 is 15.2 Å². The van der Waals surface area contributed by atoms with Crippen LogP contribution in [0.1, 0.15) is 24.0 Å². The number of nitrogens with two attached hydrogens (primary N) is 1. The van der Waals surface area contributed by atoms with Gasteiger partial charge >= 0.3 is 0 Å². The number of pyridine rings is 1. The van der Waals surface area contributed by atoms with Gasteiger partial charge in [-0.3, -0.25) is 9.88 Å². The fraction of sp³-hybridized carbons (Fsp3) is 0.476. The summed E-state index contributed by atoms with van der Waals surface area (Å²) >= 11 is 0. The average molecular weight is 371 g/mol. The molecule has 1 aliphatic rings. The maximum Gasteiger partial charge on any atom is 0.166 e. The second-order valence-electron chi connectivity index (χ2n) is 6.97. The largest absolute Gasteiger partial charge is 0.493 e. The van der Waals surface area contributed by atoms with E-state index in [9.17, 15) is 0 Å². The van der Waals surface area contributed by atoms with Crippen LogP contribution in [0.25, 0.3) is 11.3 Å². The zero-order valence-electron chi connectivity index (χ0n) is 16.4. The predicted molar refractivity (Wildman–Crippen MR) is 106 cm³/mol. The Balaban J connectivity index is 1.86. The molecule has 27 heavy (non-hydrogen) atoms. The molecule has 146 valence electrons. The first-order chi connectivity index (χ1) is 13.1. The van der Waals surface area contributed by atoms with Crippen LogP contribution in [0.4, 0.5) is 0 Å². The lowest BCUT2D eigenvalue weighted by atomic mass is 10.0. The zero-order valence-corrected chi connectivity index (χ0v) is 16.4. The number of methoxy groups -OCH3 is 3. The first-order valence-electron chi connectivity index (χ1n) is 9.31. The number of hydrogen-bond donors (Lipinski definition) is 1. The van der Waals surface area contributed by atoms with Crippen LogP contribution in [-0.4, -0.2) is 50.3 Å². The number of piperidine rings is 1. The van der Waals surface area contributed by atoms with E-state index in [0.29, 0.717) is 24.1 Å². The first-order valence-corrected chi connectivity index (χ1v) is 9.31. The van der Waals surface area contributed by atoms with Gasteiger partial charge in [0.25, 0.3) is 0 Å². The van der Waals surface area contributed by atoms with Crippen molar-refractivity contribution < 1.29 is 14.2 Å². The third-order valence-corrected chi connectivity index (χ3v) is 5.01. The lowest BCUT2D eigenvalue weighted by molar-refractivity contribution is 0.181. The minimum absolute atomic E-state index is 0.347. The van der Waals surface area contributed by atoms with E-state index in [4.69, 9.17) is 19.9 Å². The third-order valence-electron chi connectivity index (χ3n) is 5.01. The normalized spacial score (nSPS) is 15.7. The van der Waals surface area contributed by atoms with Crippen LogP contribution in [0.5, 0.6) is 11.5 Å². The number of hydrogen-bond acceptors (Lipinski definition) is 6. The Morgan fingerprint density at radius 2 is 1.89 bits per heavy atom. The highest BCUT2D eigenvalue weighted by molar-refractivity contribution is 5.67. The van der Waals surface area contributed by atoms with Gasteiger partial charge in [-0.1, -0.05) is 0 Å². The molecule has 0 aliphatic carbocycles. The zero-order chi connectivity index (χ0) is 19.2. The third kappa shape index (κ3) is 4.77. The summed E-state index contributed by atoms with van der Waals surface area (Å²) in [7, 11) is 4.95. The van der Waals surface area contributed by atoms with Gasteiger partial charge in [0.05, 0.1) is 26.5 Å². The molecule has 0 spiro atoms. The van der Waals surface area contributed by atoms with Crippen LogP contribution in [0, 0.1) is 0 Å². The summed E-state index contributed by atoms with van der Waals surface area (Å²) < 4.78 is 16.3. The SMILES string of the molecule is COCc1cc(-c2cc(CN3CCC(N)CC3)ccn2)cc(OC)c1OC. The summed E-state index contributed by atoms with van der Waals surface area (Å²) in [6, 6.07) is 8.59. The van der Waals surface area contributed by atoms with Crippen molar-refractivity contribution in [2.75, 3.05) is 34.4 Å². The Morgan fingerprint density at radius 1 is 1.11 bits per heavy atom. The summed E-state index contributed by atoms with van der Waals surface area (Å²) in [6.45, 7) is 3.46. The fourth-order valence-electron chi connectivity index (χ4n) is 3.55. The lowest BCUT2D eigenvalue weighted by Gasteiger charge is -2.30. The lowest BCUT2D eigenvalue weighted by Crippen LogP contribution is -2.39. The number of benzene rings is 1. The van der Waals surface area contributed by atoms with Crippen LogP contribution in [0.3, 0.4) is 0 Å². The maximum atomic E-state index is 6.01. The first kappa shape index (κ1) is 19.6. The van der Waals surface area contributed by atoms with Gasteiger partial charge in [0.1, 0.15) is 0 Å². The van der Waals surface area contributed by atoms with Crippen molar-refractivity contribution >= 4 is 0 Å². The summed E-state index contributed by atoms with van der Waals surface area (Å²) in [4.78, 5) is 7.02. The minimum Gasteiger partial charge on any atom is -0.493 e. The Morgan fingerprint density at radius 3 is 2.56 bits per heavy atom. The monoisotopic (exact) mass is 371 g/mol. The van der Waals surface area contributed by atoms with Gasteiger partial charge in [0, 0.05) is 37.0 Å². The van der Waals surface area contributed by atoms with Gasteiger partial charge < -0.3 is 19.9 Å². The fourth-order valence-corrected chi connectivity index (χ4v) is 3.55. The van der Waals surface area contributed by atoms with Gasteiger partial charge in [-0.15, -0.1) is 0 Å². The van der Waals surface area contributed by atoms with Crippen LogP contribution >= 0.6 is 0 Å². The number of rotatable bonds is 7. The highest BCUT2D eigenvalue weighted by Crippen LogP contribution is 2.36. The highest BCUT2D eigenvalue weighted by Gasteiger charge is 2.17. The molecule has 1 aromatic heterocycles. The predicted octanol–water partition coefficient (Wildman–Crippen LogP) is 2.84. The summed E-state index contributed by atoms with van der Waals surface area (Å²) in [5.41, 5.74) is 10.1.